The normalized spacial score (nSPS) is 18.1. The van der Waals surface area contributed by atoms with E-state index in [2.05, 4.69) is 15.3 Å². The number of nitrogens with one attached hydrogen (secondary N) is 1. The highest BCUT2D eigenvalue weighted by Gasteiger charge is 2.18. The fourth-order valence-electron chi connectivity index (χ4n) is 1.94. The molecule has 1 saturated heterocycles. The monoisotopic (exact) mass is 309 g/mol. The third-order valence-electron chi connectivity index (χ3n) is 2.85. The van der Waals surface area contributed by atoms with Crippen LogP contribution in [0.5, 0.6) is 0 Å². The number of piperidine rings is 1. The summed E-state index contributed by atoms with van der Waals surface area (Å²) < 4.78 is 12.1. The van der Waals surface area contributed by atoms with Gasteiger partial charge in [0.1, 0.15) is 5.15 Å². The zero-order valence-electron chi connectivity index (χ0n) is 10.2. The summed E-state index contributed by atoms with van der Waals surface area (Å²) in [7, 11) is -1.14. The van der Waals surface area contributed by atoms with E-state index in [9.17, 15) is 4.21 Å². The Bertz CT molecular complexity index is 404. The predicted molar refractivity (Wildman–Crippen MR) is 75.9 cm³/mol. The topological polar surface area (TPSA) is 54.9 Å². The van der Waals surface area contributed by atoms with E-state index < -0.39 is 10.8 Å². The molecule has 1 aromatic rings. The van der Waals surface area contributed by atoms with Crippen LogP contribution in [-0.2, 0) is 10.8 Å². The molecule has 18 heavy (non-hydrogen) atoms. The van der Waals surface area contributed by atoms with Crippen LogP contribution in [0.2, 0.25) is 5.15 Å². The van der Waals surface area contributed by atoms with Crippen LogP contribution in [0.3, 0.4) is 0 Å². The van der Waals surface area contributed by atoms with Crippen molar-refractivity contribution < 1.29 is 4.21 Å². The summed E-state index contributed by atoms with van der Waals surface area (Å²) in [6.45, 7) is 3.85. The van der Waals surface area contributed by atoms with Crippen molar-refractivity contribution in [1.29, 1.82) is 0 Å². The molecule has 1 aliphatic rings. The minimum atomic E-state index is -1.14. The Labute approximate surface area is 121 Å². The Morgan fingerprint density at radius 2 is 2.11 bits per heavy atom. The van der Waals surface area contributed by atoms with Gasteiger partial charge in [-0.15, -0.1) is 12.4 Å². The van der Waals surface area contributed by atoms with Crippen molar-refractivity contribution in [1.82, 2.24) is 15.3 Å². The molecule has 1 unspecified atom stereocenters. The SMILES string of the molecule is Cc1cc(Cl)nc(S(=O)CC2CCNCC2)n1.Cl. The highest BCUT2D eigenvalue weighted by Crippen LogP contribution is 2.16. The van der Waals surface area contributed by atoms with Gasteiger partial charge in [-0.3, -0.25) is 4.21 Å². The standard InChI is InChI=1S/C11H16ClN3OS.ClH/c1-8-6-10(12)15-11(14-8)17(16)7-9-2-4-13-5-3-9;/h6,9,13H,2-5,7H2,1H3;1H. The van der Waals surface area contributed by atoms with Crippen molar-refractivity contribution >= 4 is 34.8 Å². The molecular formula is C11H17Cl2N3OS. The lowest BCUT2D eigenvalue weighted by atomic mass is 10.0. The van der Waals surface area contributed by atoms with E-state index in [1.165, 1.54) is 0 Å². The maximum absolute atomic E-state index is 12.1. The highest BCUT2D eigenvalue weighted by molar-refractivity contribution is 7.84. The molecule has 2 rings (SSSR count). The summed E-state index contributed by atoms with van der Waals surface area (Å²) in [5.74, 6) is 1.14. The van der Waals surface area contributed by atoms with E-state index in [0.717, 1.165) is 31.6 Å². The third kappa shape index (κ3) is 4.46. The van der Waals surface area contributed by atoms with E-state index in [0.29, 0.717) is 22.0 Å². The van der Waals surface area contributed by atoms with E-state index in [4.69, 9.17) is 11.6 Å². The average molecular weight is 310 g/mol. The van der Waals surface area contributed by atoms with Crippen molar-refractivity contribution in [3.05, 3.63) is 16.9 Å². The van der Waals surface area contributed by atoms with Gasteiger partial charge in [-0.25, -0.2) is 9.97 Å². The number of rotatable bonds is 3. The quantitative estimate of drug-likeness (QED) is 0.685. The van der Waals surface area contributed by atoms with Gasteiger partial charge in [-0.2, -0.15) is 0 Å². The summed E-state index contributed by atoms with van der Waals surface area (Å²) in [6, 6.07) is 1.67. The van der Waals surface area contributed by atoms with Crippen LogP contribution < -0.4 is 5.32 Å². The maximum Gasteiger partial charge on any atom is 0.220 e. The van der Waals surface area contributed by atoms with Gasteiger partial charge < -0.3 is 5.32 Å². The number of nitrogens with zero attached hydrogens (tertiary/aromatic N) is 2. The number of halogens is 2. The van der Waals surface area contributed by atoms with Gasteiger partial charge in [0, 0.05) is 11.4 Å². The fourth-order valence-corrected chi connectivity index (χ4v) is 3.59. The van der Waals surface area contributed by atoms with Crippen LogP contribution in [-0.4, -0.2) is 33.0 Å². The second-order valence-electron chi connectivity index (χ2n) is 4.32. The minimum Gasteiger partial charge on any atom is -0.317 e. The smallest absolute Gasteiger partial charge is 0.220 e. The van der Waals surface area contributed by atoms with Gasteiger partial charge in [0.15, 0.2) is 0 Å². The van der Waals surface area contributed by atoms with Crippen molar-refractivity contribution in [2.75, 3.05) is 18.8 Å². The van der Waals surface area contributed by atoms with E-state index >= 15 is 0 Å². The number of hydrogen-bond donors (Lipinski definition) is 1. The molecule has 0 amide bonds. The first-order valence-corrected chi connectivity index (χ1v) is 7.45. The molecule has 0 bridgehead atoms. The Hall–Kier alpha value is -0.230. The molecule has 0 spiro atoms. The molecule has 7 heteroatoms. The van der Waals surface area contributed by atoms with Crippen molar-refractivity contribution in [2.24, 2.45) is 5.92 Å². The van der Waals surface area contributed by atoms with Crippen molar-refractivity contribution in [3.8, 4) is 0 Å². The summed E-state index contributed by atoms with van der Waals surface area (Å²) in [4.78, 5) is 8.23. The highest BCUT2D eigenvalue weighted by atomic mass is 35.5. The summed E-state index contributed by atoms with van der Waals surface area (Å²) in [6.07, 6.45) is 2.15. The molecule has 1 aromatic heterocycles. The summed E-state index contributed by atoms with van der Waals surface area (Å²) in [5, 5.41) is 4.03. The first kappa shape index (κ1) is 15.8. The van der Waals surface area contributed by atoms with Crippen molar-refractivity contribution in [2.45, 2.75) is 24.9 Å². The summed E-state index contributed by atoms with van der Waals surface area (Å²) in [5.41, 5.74) is 0.763. The van der Waals surface area contributed by atoms with Crippen LogP contribution in [0.15, 0.2) is 11.2 Å². The van der Waals surface area contributed by atoms with Gasteiger partial charge >= 0.3 is 0 Å². The van der Waals surface area contributed by atoms with Crippen molar-refractivity contribution in [3.63, 3.8) is 0 Å². The summed E-state index contributed by atoms with van der Waals surface area (Å²) >= 11 is 5.84. The molecule has 1 atom stereocenters. The first-order chi connectivity index (χ1) is 8.15. The molecule has 2 heterocycles. The second-order valence-corrected chi connectivity index (χ2v) is 6.10. The van der Waals surface area contributed by atoms with Gasteiger partial charge in [-0.05, 0) is 44.8 Å². The van der Waals surface area contributed by atoms with Crippen LogP contribution in [0.4, 0.5) is 0 Å². The Kier molecular flexibility index (Phi) is 6.49. The van der Waals surface area contributed by atoms with Crippen LogP contribution in [0.1, 0.15) is 18.5 Å². The predicted octanol–water partition coefficient (Wildman–Crippen LogP) is 1.97. The zero-order chi connectivity index (χ0) is 12.3. The lowest BCUT2D eigenvalue weighted by molar-refractivity contribution is 0.405. The number of hydrogen-bond acceptors (Lipinski definition) is 4. The van der Waals surface area contributed by atoms with Crippen LogP contribution in [0, 0.1) is 12.8 Å². The van der Waals surface area contributed by atoms with E-state index in [1.54, 1.807) is 6.07 Å². The molecule has 0 aliphatic carbocycles. The molecule has 4 nitrogen and oxygen atoms in total. The van der Waals surface area contributed by atoms with E-state index in [-0.39, 0.29) is 12.4 Å². The Morgan fingerprint density at radius 1 is 1.44 bits per heavy atom. The number of aryl methyl sites for hydroxylation is 1. The minimum absolute atomic E-state index is 0. The lowest BCUT2D eigenvalue weighted by Crippen LogP contribution is -2.30. The van der Waals surface area contributed by atoms with Crippen LogP contribution >= 0.6 is 24.0 Å². The molecule has 0 radical (unpaired) electrons. The first-order valence-electron chi connectivity index (χ1n) is 5.75. The Balaban J connectivity index is 0.00000162. The van der Waals surface area contributed by atoms with Gasteiger partial charge in [-0.1, -0.05) is 11.6 Å². The Morgan fingerprint density at radius 3 is 2.72 bits per heavy atom. The molecule has 1 fully saturated rings. The lowest BCUT2D eigenvalue weighted by Gasteiger charge is -2.21. The second kappa shape index (κ2) is 7.38. The van der Waals surface area contributed by atoms with Gasteiger partial charge in [0.2, 0.25) is 5.16 Å². The zero-order valence-corrected chi connectivity index (χ0v) is 12.6. The molecule has 0 aromatic carbocycles. The third-order valence-corrected chi connectivity index (χ3v) is 4.41. The van der Waals surface area contributed by atoms with Gasteiger partial charge in [0.25, 0.3) is 0 Å². The van der Waals surface area contributed by atoms with Gasteiger partial charge in [0.05, 0.1) is 10.8 Å². The molecule has 1 N–H and O–H groups in total. The number of aromatic nitrogens is 2. The molecule has 0 saturated carbocycles. The fraction of sp³-hybridized carbons (Fsp3) is 0.636. The largest absolute Gasteiger partial charge is 0.317 e. The van der Waals surface area contributed by atoms with E-state index in [1.807, 2.05) is 6.92 Å². The molecule has 102 valence electrons. The molecule has 1 aliphatic heterocycles. The molecular weight excluding hydrogens is 293 g/mol. The van der Waals surface area contributed by atoms with Crippen LogP contribution in [0.25, 0.3) is 0 Å². The average Bonchev–Trinajstić information content (AvgIpc) is 2.29. The maximum atomic E-state index is 12.1.